The van der Waals surface area contributed by atoms with Crippen molar-refractivity contribution >= 4 is 11.8 Å². The van der Waals surface area contributed by atoms with Crippen molar-refractivity contribution in [3.63, 3.8) is 0 Å². The Bertz CT molecular complexity index is 404. The van der Waals surface area contributed by atoms with Gasteiger partial charge in [0.2, 0.25) is 5.91 Å². The molecule has 0 saturated heterocycles. The van der Waals surface area contributed by atoms with Gasteiger partial charge in [-0.3, -0.25) is 9.59 Å². The largest absolute Gasteiger partial charge is 0.484 e. The minimum atomic E-state index is -0.494. The highest BCUT2D eigenvalue weighted by atomic mass is 16.5. The molecule has 4 N–H and O–H groups in total. The molecule has 0 spiro atoms. The Morgan fingerprint density at radius 1 is 1.22 bits per heavy atom. The number of nitrogens with two attached hydrogens (primary N) is 1. The lowest BCUT2D eigenvalue weighted by Crippen LogP contribution is -2.33. The van der Waals surface area contributed by atoms with Crippen LogP contribution >= 0.6 is 0 Å². The van der Waals surface area contributed by atoms with Crippen LogP contribution in [0.3, 0.4) is 0 Å². The third kappa shape index (κ3) is 4.84. The summed E-state index contributed by atoms with van der Waals surface area (Å²) in [4.78, 5) is 22.2. The summed E-state index contributed by atoms with van der Waals surface area (Å²) in [6.45, 7) is 1.21. The lowest BCUT2D eigenvalue weighted by atomic mass is 10.2. The van der Waals surface area contributed by atoms with E-state index >= 15 is 0 Å². The van der Waals surface area contributed by atoms with Gasteiger partial charge in [-0.1, -0.05) is 0 Å². The van der Waals surface area contributed by atoms with Crippen LogP contribution < -0.4 is 21.1 Å². The molecule has 0 aliphatic carbocycles. The topological polar surface area (TPSA) is 93.4 Å². The molecule has 0 fully saturated rings. The van der Waals surface area contributed by atoms with Crippen molar-refractivity contribution < 1.29 is 14.3 Å². The van der Waals surface area contributed by atoms with Gasteiger partial charge >= 0.3 is 0 Å². The summed E-state index contributed by atoms with van der Waals surface area (Å²) in [5, 5.41) is 5.60. The number of benzene rings is 1. The van der Waals surface area contributed by atoms with Gasteiger partial charge in [0.15, 0.2) is 6.61 Å². The lowest BCUT2D eigenvalue weighted by molar-refractivity contribution is -0.123. The van der Waals surface area contributed by atoms with E-state index in [4.69, 9.17) is 10.5 Å². The fourth-order valence-electron chi connectivity index (χ4n) is 1.24. The smallest absolute Gasteiger partial charge is 0.257 e. The molecule has 0 bridgehead atoms. The summed E-state index contributed by atoms with van der Waals surface area (Å²) < 4.78 is 5.25. The number of likely N-dealkylation sites (N-methyl/N-ethyl adjacent to an activating group) is 1. The van der Waals surface area contributed by atoms with E-state index in [1.165, 1.54) is 0 Å². The predicted octanol–water partition coefficient (Wildman–Crippen LogP) is -0.500. The second kappa shape index (κ2) is 7.29. The van der Waals surface area contributed by atoms with E-state index in [-0.39, 0.29) is 12.5 Å². The summed E-state index contributed by atoms with van der Waals surface area (Å²) in [5.41, 5.74) is 5.51. The van der Waals surface area contributed by atoms with Gasteiger partial charge in [-0.05, 0) is 31.3 Å². The zero-order valence-corrected chi connectivity index (χ0v) is 10.2. The first-order valence-corrected chi connectivity index (χ1v) is 5.57. The van der Waals surface area contributed by atoms with Gasteiger partial charge in [0, 0.05) is 18.7 Å². The van der Waals surface area contributed by atoms with Crippen LogP contribution in [0.15, 0.2) is 24.3 Å². The highest BCUT2D eigenvalue weighted by molar-refractivity contribution is 5.92. The van der Waals surface area contributed by atoms with Crippen molar-refractivity contribution in [2.45, 2.75) is 0 Å². The maximum Gasteiger partial charge on any atom is 0.257 e. The molecule has 0 aliphatic rings. The van der Waals surface area contributed by atoms with E-state index in [1.54, 1.807) is 24.3 Å². The highest BCUT2D eigenvalue weighted by Gasteiger charge is 2.03. The van der Waals surface area contributed by atoms with Crippen LogP contribution in [-0.2, 0) is 4.79 Å². The number of amides is 2. The minimum Gasteiger partial charge on any atom is -0.484 e. The van der Waals surface area contributed by atoms with Gasteiger partial charge in [0.05, 0.1) is 0 Å². The molecular weight excluding hydrogens is 234 g/mol. The van der Waals surface area contributed by atoms with Crippen molar-refractivity contribution in [1.29, 1.82) is 0 Å². The van der Waals surface area contributed by atoms with E-state index in [1.807, 2.05) is 7.05 Å². The first kappa shape index (κ1) is 14.0. The van der Waals surface area contributed by atoms with Crippen molar-refractivity contribution in [1.82, 2.24) is 10.6 Å². The monoisotopic (exact) mass is 251 g/mol. The van der Waals surface area contributed by atoms with Crippen LogP contribution in [0.1, 0.15) is 10.4 Å². The average Bonchev–Trinajstić information content (AvgIpc) is 2.37. The lowest BCUT2D eigenvalue weighted by Gasteiger charge is -2.07. The third-order valence-electron chi connectivity index (χ3n) is 2.21. The van der Waals surface area contributed by atoms with Crippen LogP contribution in [0.2, 0.25) is 0 Å². The Morgan fingerprint density at radius 2 is 1.89 bits per heavy atom. The Labute approximate surface area is 105 Å². The number of carbonyl (C=O) groups excluding carboxylic acids is 2. The standard InChI is InChI=1S/C12H17N3O3/c1-14-6-7-15-11(16)8-18-10-4-2-9(3-5-10)12(13)17/h2-5,14H,6-8H2,1H3,(H2,13,17)(H,15,16). The summed E-state index contributed by atoms with van der Waals surface area (Å²) in [6.07, 6.45) is 0. The van der Waals surface area contributed by atoms with Crippen LogP contribution in [0.5, 0.6) is 5.75 Å². The SMILES string of the molecule is CNCCNC(=O)COc1ccc(C(N)=O)cc1. The molecule has 98 valence electrons. The molecule has 0 aromatic heterocycles. The zero-order valence-electron chi connectivity index (χ0n) is 10.2. The van der Waals surface area contributed by atoms with Crippen molar-refractivity contribution in [2.75, 3.05) is 26.7 Å². The van der Waals surface area contributed by atoms with Crippen LogP contribution in [0.25, 0.3) is 0 Å². The summed E-state index contributed by atoms with van der Waals surface area (Å²) in [7, 11) is 1.81. The molecule has 0 unspecified atom stereocenters. The summed E-state index contributed by atoms with van der Waals surface area (Å²) in [6, 6.07) is 6.30. The zero-order chi connectivity index (χ0) is 13.4. The summed E-state index contributed by atoms with van der Waals surface area (Å²) in [5.74, 6) is -0.167. The molecule has 0 aliphatic heterocycles. The van der Waals surface area contributed by atoms with Gasteiger partial charge < -0.3 is 21.1 Å². The molecule has 1 aromatic rings. The predicted molar refractivity (Wildman–Crippen MR) is 67.4 cm³/mol. The number of carbonyl (C=O) groups is 2. The molecule has 0 atom stereocenters. The molecule has 1 rings (SSSR count). The molecule has 2 amide bonds. The molecular formula is C12H17N3O3. The van der Waals surface area contributed by atoms with E-state index in [2.05, 4.69) is 10.6 Å². The molecule has 0 radical (unpaired) electrons. The molecule has 6 heteroatoms. The van der Waals surface area contributed by atoms with Crippen LogP contribution in [0.4, 0.5) is 0 Å². The van der Waals surface area contributed by atoms with Gasteiger partial charge in [-0.2, -0.15) is 0 Å². The van der Waals surface area contributed by atoms with E-state index in [0.29, 0.717) is 24.4 Å². The second-order valence-electron chi connectivity index (χ2n) is 3.63. The Hall–Kier alpha value is -2.08. The quantitative estimate of drug-likeness (QED) is 0.569. The van der Waals surface area contributed by atoms with Crippen molar-refractivity contribution in [3.8, 4) is 5.75 Å². The minimum absolute atomic E-state index is 0.0559. The van der Waals surface area contributed by atoms with Crippen molar-refractivity contribution in [2.24, 2.45) is 5.73 Å². The van der Waals surface area contributed by atoms with E-state index < -0.39 is 5.91 Å². The van der Waals surface area contributed by atoms with Gasteiger partial charge in [-0.25, -0.2) is 0 Å². The Balaban J connectivity index is 2.34. The normalized spacial score (nSPS) is 9.83. The van der Waals surface area contributed by atoms with E-state index in [0.717, 1.165) is 0 Å². The Kier molecular flexibility index (Phi) is 5.66. The third-order valence-corrected chi connectivity index (χ3v) is 2.21. The van der Waals surface area contributed by atoms with Gasteiger partial charge in [0.1, 0.15) is 5.75 Å². The number of nitrogens with one attached hydrogen (secondary N) is 2. The van der Waals surface area contributed by atoms with Gasteiger partial charge in [0.25, 0.3) is 5.91 Å². The summed E-state index contributed by atoms with van der Waals surface area (Å²) >= 11 is 0. The molecule has 6 nitrogen and oxygen atoms in total. The number of hydrogen-bond donors (Lipinski definition) is 3. The van der Waals surface area contributed by atoms with Crippen molar-refractivity contribution in [3.05, 3.63) is 29.8 Å². The molecule has 0 heterocycles. The fraction of sp³-hybridized carbons (Fsp3) is 0.333. The second-order valence-corrected chi connectivity index (χ2v) is 3.63. The molecule has 1 aromatic carbocycles. The van der Waals surface area contributed by atoms with Crippen LogP contribution in [0, 0.1) is 0 Å². The molecule has 0 saturated carbocycles. The number of rotatable bonds is 7. The first-order valence-electron chi connectivity index (χ1n) is 5.57. The maximum absolute atomic E-state index is 11.3. The molecule has 18 heavy (non-hydrogen) atoms. The number of hydrogen-bond acceptors (Lipinski definition) is 4. The first-order chi connectivity index (χ1) is 8.63. The number of ether oxygens (including phenoxy) is 1. The highest BCUT2D eigenvalue weighted by Crippen LogP contribution is 2.11. The number of primary amides is 1. The maximum atomic E-state index is 11.3. The Morgan fingerprint density at radius 3 is 2.44 bits per heavy atom. The fourth-order valence-corrected chi connectivity index (χ4v) is 1.24. The average molecular weight is 251 g/mol. The van der Waals surface area contributed by atoms with E-state index in [9.17, 15) is 9.59 Å². The van der Waals surface area contributed by atoms with Crippen LogP contribution in [-0.4, -0.2) is 38.6 Å². The van der Waals surface area contributed by atoms with Gasteiger partial charge in [-0.15, -0.1) is 0 Å².